The van der Waals surface area contributed by atoms with E-state index in [4.69, 9.17) is 0 Å². The third-order valence-electron chi connectivity index (χ3n) is 2.84. The Morgan fingerprint density at radius 2 is 1.88 bits per heavy atom. The molecule has 0 aliphatic heterocycles. The SMILES string of the molecule is C=C(C)CCCc1cccc(C)c1C(=C)C. The number of hydrogen-bond donors (Lipinski definition) is 0. The summed E-state index contributed by atoms with van der Waals surface area (Å²) < 4.78 is 0. The molecule has 0 unspecified atom stereocenters. The molecule has 0 heteroatoms. The molecule has 86 valence electrons. The monoisotopic (exact) mass is 214 g/mol. The molecule has 0 saturated heterocycles. The Labute approximate surface area is 99.7 Å². The summed E-state index contributed by atoms with van der Waals surface area (Å²) in [6.07, 6.45) is 3.42. The normalized spacial score (nSPS) is 10.2. The maximum atomic E-state index is 4.07. The molecule has 0 fully saturated rings. The van der Waals surface area contributed by atoms with Gasteiger partial charge < -0.3 is 0 Å². The number of benzene rings is 1. The molecule has 0 aliphatic rings. The quantitative estimate of drug-likeness (QED) is 0.610. The van der Waals surface area contributed by atoms with Crippen LogP contribution in [0.2, 0.25) is 0 Å². The lowest BCUT2D eigenvalue weighted by Crippen LogP contribution is -1.95. The summed E-state index contributed by atoms with van der Waals surface area (Å²) in [5.41, 5.74) is 6.55. The average Bonchev–Trinajstić information content (AvgIpc) is 2.16. The van der Waals surface area contributed by atoms with E-state index in [9.17, 15) is 0 Å². The van der Waals surface area contributed by atoms with Gasteiger partial charge in [-0.1, -0.05) is 35.9 Å². The highest BCUT2D eigenvalue weighted by Crippen LogP contribution is 2.23. The fourth-order valence-corrected chi connectivity index (χ4v) is 2.13. The van der Waals surface area contributed by atoms with E-state index in [-0.39, 0.29) is 0 Å². The highest BCUT2D eigenvalue weighted by Gasteiger charge is 2.05. The standard InChI is InChI=1S/C16H22/c1-12(2)8-6-10-15-11-7-9-14(5)16(15)13(3)4/h7,9,11H,1,3,6,8,10H2,2,4-5H3. The molecule has 1 rings (SSSR count). The van der Waals surface area contributed by atoms with Gasteiger partial charge in [0.25, 0.3) is 0 Å². The molecule has 16 heavy (non-hydrogen) atoms. The van der Waals surface area contributed by atoms with Gasteiger partial charge in [-0.3, -0.25) is 0 Å². The minimum absolute atomic E-state index is 1.11. The Balaban J connectivity index is 2.83. The Bertz CT molecular complexity index is 396. The Morgan fingerprint density at radius 3 is 2.44 bits per heavy atom. The molecular formula is C16H22. The zero-order valence-electron chi connectivity index (χ0n) is 10.8. The van der Waals surface area contributed by atoms with Crippen LogP contribution in [0.4, 0.5) is 0 Å². The van der Waals surface area contributed by atoms with Crippen molar-refractivity contribution >= 4 is 5.57 Å². The minimum Gasteiger partial charge on any atom is -0.100 e. The highest BCUT2D eigenvalue weighted by molar-refractivity contribution is 5.67. The van der Waals surface area contributed by atoms with Crippen molar-refractivity contribution in [1.29, 1.82) is 0 Å². The van der Waals surface area contributed by atoms with Gasteiger partial charge in [-0.2, -0.15) is 0 Å². The summed E-state index contributed by atoms with van der Waals surface area (Å²) in [6.45, 7) is 14.4. The number of hydrogen-bond acceptors (Lipinski definition) is 0. The molecule has 1 aromatic carbocycles. The number of rotatable bonds is 5. The highest BCUT2D eigenvalue weighted by atomic mass is 14.1. The van der Waals surface area contributed by atoms with Gasteiger partial charge in [-0.15, -0.1) is 6.58 Å². The van der Waals surface area contributed by atoms with Crippen LogP contribution in [0.1, 0.15) is 43.4 Å². The predicted molar refractivity (Wildman–Crippen MR) is 73.6 cm³/mol. The van der Waals surface area contributed by atoms with Gasteiger partial charge >= 0.3 is 0 Å². The third kappa shape index (κ3) is 3.37. The fourth-order valence-electron chi connectivity index (χ4n) is 2.13. The second-order valence-electron chi connectivity index (χ2n) is 4.70. The van der Waals surface area contributed by atoms with Crippen LogP contribution in [0.15, 0.2) is 36.9 Å². The zero-order chi connectivity index (χ0) is 12.1. The summed E-state index contributed by atoms with van der Waals surface area (Å²) in [5, 5.41) is 0. The van der Waals surface area contributed by atoms with Crippen molar-refractivity contribution in [3.05, 3.63) is 53.6 Å². The molecule has 0 saturated carbocycles. The molecule has 0 N–H and O–H groups in total. The van der Waals surface area contributed by atoms with Crippen molar-refractivity contribution < 1.29 is 0 Å². The summed E-state index contributed by atoms with van der Waals surface area (Å²) >= 11 is 0. The van der Waals surface area contributed by atoms with E-state index in [0.717, 1.165) is 12.8 Å². The molecular weight excluding hydrogens is 192 g/mol. The topological polar surface area (TPSA) is 0 Å². The third-order valence-corrected chi connectivity index (χ3v) is 2.84. The van der Waals surface area contributed by atoms with Crippen LogP contribution < -0.4 is 0 Å². The van der Waals surface area contributed by atoms with Crippen LogP contribution in [-0.4, -0.2) is 0 Å². The van der Waals surface area contributed by atoms with Gasteiger partial charge in [0.05, 0.1) is 0 Å². The van der Waals surface area contributed by atoms with Crippen LogP contribution in [-0.2, 0) is 6.42 Å². The van der Waals surface area contributed by atoms with E-state index in [1.54, 1.807) is 0 Å². The molecule has 0 nitrogen and oxygen atoms in total. The van der Waals surface area contributed by atoms with E-state index in [1.807, 2.05) is 0 Å². The van der Waals surface area contributed by atoms with Crippen LogP contribution in [0.3, 0.4) is 0 Å². The van der Waals surface area contributed by atoms with Gasteiger partial charge in [0.1, 0.15) is 0 Å². The Hall–Kier alpha value is -1.30. The molecule has 0 bridgehead atoms. The van der Waals surface area contributed by atoms with Crippen molar-refractivity contribution in [2.24, 2.45) is 0 Å². The van der Waals surface area contributed by atoms with E-state index in [1.165, 1.54) is 34.3 Å². The minimum atomic E-state index is 1.11. The molecule has 0 amide bonds. The first-order chi connectivity index (χ1) is 7.52. The van der Waals surface area contributed by atoms with E-state index < -0.39 is 0 Å². The summed E-state index contributed by atoms with van der Waals surface area (Å²) in [7, 11) is 0. The van der Waals surface area contributed by atoms with E-state index in [0.29, 0.717) is 0 Å². The second kappa shape index (κ2) is 5.69. The summed E-state index contributed by atoms with van der Waals surface area (Å²) in [6, 6.07) is 6.51. The maximum absolute atomic E-state index is 4.07. The fraction of sp³-hybridized carbons (Fsp3) is 0.375. The van der Waals surface area contributed by atoms with Crippen LogP contribution in [0, 0.1) is 6.92 Å². The lowest BCUT2D eigenvalue weighted by atomic mass is 9.93. The van der Waals surface area contributed by atoms with Crippen molar-refractivity contribution in [3.63, 3.8) is 0 Å². The Kier molecular flexibility index (Phi) is 4.54. The molecule has 1 aromatic rings. The first-order valence-electron chi connectivity index (χ1n) is 5.91. The molecule has 0 radical (unpaired) electrons. The van der Waals surface area contributed by atoms with Gasteiger partial charge in [0.15, 0.2) is 0 Å². The average molecular weight is 214 g/mol. The zero-order valence-corrected chi connectivity index (χ0v) is 10.8. The first-order valence-corrected chi connectivity index (χ1v) is 5.91. The van der Waals surface area contributed by atoms with Gasteiger partial charge in [-0.05, 0) is 56.7 Å². The second-order valence-corrected chi connectivity index (χ2v) is 4.70. The lowest BCUT2D eigenvalue weighted by Gasteiger charge is -2.12. The van der Waals surface area contributed by atoms with Gasteiger partial charge in [0, 0.05) is 0 Å². The molecule has 0 heterocycles. The number of aryl methyl sites for hydroxylation is 2. The van der Waals surface area contributed by atoms with Crippen molar-refractivity contribution in [3.8, 4) is 0 Å². The first kappa shape index (κ1) is 12.8. The van der Waals surface area contributed by atoms with E-state index in [2.05, 4.69) is 52.1 Å². The van der Waals surface area contributed by atoms with Crippen molar-refractivity contribution in [1.82, 2.24) is 0 Å². The summed E-state index contributed by atoms with van der Waals surface area (Å²) in [4.78, 5) is 0. The molecule has 0 atom stereocenters. The van der Waals surface area contributed by atoms with Crippen LogP contribution in [0.25, 0.3) is 5.57 Å². The predicted octanol–water partition coefficient (Wildman–Crippen LogP) is 4.93. The smallest absolute Gasteiger partial charge is 0.0172 e. The van der Waals surface area contributed by atoms with E-state index >= 15 is 0 Å². The van der Waals surface area contributed by atoms with Crippen LogP contribution in [0.5, 0.6) is 0 Å². The van der Waals surface area contributed by atoms with Crippen LogP contribution >= 0.6 is 0 Å². The lowest BCUT2D eigenvalue weighted by molar-refractivity contribution is 0.811. The molecule has 0 aromatic heterocycles. The van der Waals surface area contributed by atoms with Gasteiger partial charge in [-0.25, -0.2) is 0 Å². The largest absolute Gasteiger partial charge is 0.100 e. The molecule has 0 aliphatic carbocycles. The molecule has 0 spiro atoms. The van der Waals surface area contributed by atoms with Gasteiger partial charge in [0.2, 0.25) is 0 Å². The summed E-state index contributed by atoms with van der Waals surface area (Å²) in [5.74, 6) is 0. The van der Waals surface area contributed by atoms with Crippen molar-refractivity contribution in [2.75, 3.05) is 0 Å². The number of allylic oxidation sites excluding steroid dienone is 2. The maximum Gasteiger partial charge on any atom is -0.0172 e. The Morgan fingerprint density at radius 1 is 1.19 bits per heavy atom. The van der Waals surface area contributed by atoms with Crippen molar-refractivity contribution in [2.45, 2.75) is 40.0 Å².